The lowest BCUT2D eigenvalue weighted by atomic mass is 9.95. The van der Waals surface area contributed by atoms with Gasteiger partial charge in [-0.3, -0.25) is 4.90 Å². The SMILES string of the molecule is CNC1c2ccccc2OCC1N(C)CC1CCCCO1. The third kappa shape index (κ3) is 3.23. The quantitative estimate of drug-likeness (QED) is 0.922. The van der Waals surface area contributed by atoms with Crippen LogP contribution in [0.4, 0.5) is 0 Å². The first-order valence-corrected chi connectivity index (χ1v) is 8.00. The zero-order valence-electron chi connectivity index (χ0n) is 13.0. The Balaban J connectivity index is 1.69. The molecule has 0 saturated carbocycles. The van der Waals surface area contributed by atoms with Gasteiger partial charge in [0.15, 0.2) is 0 Å². The first kappa shape index (κ1) is 14.8. The van der Waals surface area contributed by atoms with E-state index in [1.807, 2.05) is 13.1 Å². The van der Waals surface area contributed by atoms with Crippen LogP contribution in [0.2, 0.25) is 0 Å². The van der Waals surface area contributed by atoms with Crippen molar-refractivity contribution >= 4 is 0 Å². The molecular weight excluding hydrogens is 264 g/mol. The van der Waals surface area contributed by atoms with Gasteiger partial charge in [-0.1, -0.05) is 18.2 Å². The van der Waals surface area contributed by atoms with Crippen molar-refractivity contribution in [2.24, 2.45) is 0 Å². The lowest BCUT2D eigenvalue weighted by Crippen LogP contribution is -2.50. The molecule has 2 aliphatic heterocycles. The van der Waals surface area contributed by atoms with Crippen molar-refractivity contribution in [1.82, 2.24) is 10.2 Å². The van der Waals surface area contributed by atoms with Crippen LogP contribution in [0.1, 0.15) is 30.9 Å². The summed E-state index contributed by atoms with van der Waals surface area (Å²) in [6.07, 6.45) is 4.05. The molecule has 0 aliphatic carbocycles. The van der Waals surface area contributed by atoms with Crippen LogP contribution in [0, 0.1) is 0 Å². The van der Waals surface area contributed by atoms with Crippen LogP contribution in [-0.2, 0) is 4.74 Å². The van der Waals surface area contributed by atoms with E-state index >= 15 is 0 Å². The molecule has 0 spiro atoms. The molecule has 3 unspecified atom stereocenters. The van der Waals surface area contributed by atoms with Crippen LogP contribution in [-0.4, -0.2) is 50.9 Å². The Labute approximate surface area is 127 Å². The zero-order valence-corrected chi connectivity index (χ0v) is 13.0. The van der Waals surface area contributed by atoms with Crippen LogP contribution < -0.4 is 10.1 Å². The molecular formula is C17H26N2O2. The number of nitrogens with one attached hydrogen (secondary N) is 1. The van der Waals surface area contributed by atoms with Crippen molar-refractivity contribution in [3.8, 4) is 5.75 Å². The molecule has 4 nitrogen and oxygen atoms in total. The molecule has 1 N–H and O–H groups in total. The van der Waals surface area contributed by atoms with Gasteiger partial charge in [-0.05, 0) is 39.4 Å². The Morgan fingerprint density at radius 1 is 1.29 bits per heavy atom. The molecule has 2 heterocycles. The molecule has 1 saturated heterocycles. The van der Waals surface area contributed by atoms with Gasteiger partial charge in [-0.15, -0.1) is 0 Å². The van der Waals surface area contributed by atoms with Crippen molar-refractivity contribution in [3.63, 3.8) is 0 Å². The van der Waals surface area contributed by atoms with Crippen LogP contribution in [0.25, 0.3) is 0 Å². The van der Waals surface area contributed by atoms with Gasteiger partial charge in [0, 0.05) is 18.7 Å². The summed E-state index contributed by atoms with van der Waals surface area (Å²) in [5, 5.41) is 3.47. The predicted octanol–water partition coefficient (Wildman–Crippen LogP) is 2.21. The van der Waals surface area contributed by atoms with Crippen molar-refractivity contribution in [3.05, 3.63) is 29.8 Å². The molecule has 4 heteroatoms. The minimum atomic E-state index is 0.309. The van der Waals surface area contributed by atoms with Gasteiger partial charge in [0.1, 0.15) is 12.4 Å². The predicted molar refractivity (Wildman–Crippen MR) is 83.7 cm³/mol. The van der Waals surface area contributed by atoms with E-state index in [4.69, 9.17) is 9.47 Å². The molecule has 3 rings (SSSR count). The van der Waals surface area contributed by atoms with E-state index in [9.17, 15) is 0 Å². The minimum absolute atomic E-state index is 0.309. The summed E-state index contributed by atoms with van der Waals surface area (Å²) in [6.45, 7) is 2.62. The number of para-hydroxylation sites is 1. The number of fused-ring (bicyclic) bond motifs is 1. The molecule has 0 radical (unpaired) electrons. The van der Waals surface area contributed by atoms with Crippen LogP contribution in [0.15, 0.2) is 24.3 Å². The Morgan fingerprint density at radius 2 is 2.14 bits per heavy atom. The standard InChI is InChI=1S/C17H26N2O2/c1-18-17-14-8-3-4-9-16(14)21-12-15(17)19(2)11-13-7-5-6-10-20-13/h3-4,8-9,13,15,17-18H,5-7,10-12H2,1-2H3. The number of nitrogens with zero attached hydrogens (tertiary/aromatic N) is 1. The second-order valence-electron chi connectivity index (χ2n) is 6.11. The molecule has 0 aromatic heterocycles. The highest BCUT2D eigenvalue weighted by Crippen LogP contribution is 2.33. The molecule has 1 fully saturated rings. The Morgan fingerprint density at radius 3 is 2.90 bits per heavy atom. The Bertz CT molecular complexity index is 460. The van der Waals surface area contributed by atoms with Crippen molar-refractivity contribution < 1.29 is 9.47 Å². The average molecular weight is 290 g/mol. The summed E-state index contributed by atoms with van der Waals surface area (Å²) in [5.74, 6) is 1.01. The minimum Gasteiger partial charge on any atom is -0.492 e. The van der Waals surface area contributed by atoms with Crippen LogP contribution in [0.5, 0.6) is 5.75 Å². The number of likely N-dealkylation sites (N-methyl/N-ethyl adjacent to an activating group) is 2. The largest absolute Gasteiger partial charge is 0.492 e. The summed E-state index contributed by atoms with van der Waals surface area (Å²) in [7, 11) is 4.22. The van der Waals surface area contributed by atoms with E-state index in [1.165, 1.54) is 24.8 Å². The smallest absolute Gasteiger partial charge is 0.124 e. The Kier molecular flexibility index (Phi) is 4.78. The third-order valence-corrected chi connectivity index (χ3v) is 4.69. The van der Waals surface area contributed by atoms with E-state index in [-0.39, 0.29) is 0 Å². The zero-order chi connectivity index (χ0) is 14.7. The maximum Gasteiger partial charge on any atom is 0.124 e. The fourth-order valence-electron chi connectivity index (χ4n) is 3.49. The lowest BCUT2D eigenvalue weighted by Gasteiger charge is -2.40. The monoisotopic (exact) mass is 290 g/mol. The number of benzene rings is 1. The van der Waals surface area contributed by atoms with Crippen molar-refractivity contribution in [2.45, 2.75) is 37.5 Å². The molecule has 21 heavy (non-hydrogen) atoms. The van der Waals surface area contributed by atoms with Crippen molar-refractivity contribution in [1.29, 1.82) is 0 Å². The second-order valence-corrected chi connectivity index (χ2v) is 6.11. The highest BCUT2D eigenvalue weighted by molar-refractivity contribution is 5.38. The molecule has 1 aromatic rings. The molecule has 1 aromatic carbocycles. The number of ether oxygens (including phenoxy) is 2. The van der Waals surface area contributed by atoms with Crippen molar-refractivity contribution in [2.75, 3.05) is 33.9 Å². The maximum absolute atomic E-state index is 5.96. The summed E-state index contributed by atoms with van der Waals surface area (Å²) in [6, 6.07) is 8.98. The fourth-order valence-corrected chi connectivity index (χ4v) is 3.49. The maximum atomic E-state index is 5.96. The van der Waals surface area contributed by atoms with Crippen LogP contribution >= 0.6 is 0 Å². The van der Waals surface area contributed by atoms with E-state index in [1.54, 1.807) is 0 Å². The summed E-state index contributed by atoms with van der Waals surface area (Å²) >= 11 is 0. The van der Waals surface area contributed by atoms with E-state index < -0.39 is 0 Å². The third-order valence-electron chi connectivity index (χ3n) is 4.69. The summed E-state index contributed by atoms with van der Waals surface area (Å²) < 4.78 is 11.8. The highest BCUT2D eigenvalue weighted by atomic mass is 16.5. The van der Waals surface area contributed by atoms with Gasteiger partial charge < -0.3 is 14.8 Å². The number of hydrogen-bond donors (Lipinski definition) is 1. The average Bonchev–Trinajstić information content (AvgIpc) is 2.54. The molecule has 0 amide bonds. The number of hydrogen-bond acceptors (Lipinski definition) is 4. The summed E-state index contributed by atoms with van der Waals surface area (Å²) in [5.41, 5.74) is 1.26. The highest BCUT2D eigenvalue weighted by Gasteiger charge is 2.33. The fraction of sp³-hybridized carbons (Fsp3) is 0.647. The second kappa shape index (κ2) is 6.77. The van der Waals surface area contributed by atoms with Gasteiger partial charge in [0.2, 0.25) is 0 Å². The van der Waals surface area contributed by atoms with Gasteiger partial charge >= 0.3 is 0 Å². The first-order chi connectivity index (χ1) is 10.3. The normalized spacial score (nSPS) is 29.0. The van der Waals surface area contributed by atoms with Gasteiger partial charge in [0.25, 0.3) is 0 Å². The van der Waals surface area contributed by atoms with Gasteiger partial charge in [-0.2, -0.15) is 0 Å². The van der Waals surface area contributed by atoms with Gasteiger partial charge in [-0.25, -0.2) is 0 Å². The lowest BCUT2D eigenvalue weighted by molar-refractivity contribution is -0.0174. The van der Waals surface area contributed by atoms with E-state index in [0.29, 0.717) is 18.2 Å². The summed E-state index contributed by atoms with van der Waals surface area (Å²) in [4.78, 5) is 2.40. The first-order valence-electron chi connectivity index (χ1n) is 8.00. The van der Waals surface area contributed by atoms with E-state index in [2.05, 4.69) is 35.5 Å². The molecule has 0 bridgehead atoms. The van der Waals surface area contributed by atoms with Gasteiger partial charge in [0.05, 0.1) is 18.2 Å². The van der Waals surface area contributed by atoms with E-state index in [0.717, 1.165) is 25.5 Å². The molecule has 3 atom stereocenters. The number of rotatable bonds is 4. The molecule has 116 valence electrons. The topological polar surface area (TPSA) is 33.7 Å². The Hall–Kier alpha value is -1.10. The molecule has 2 aliphatic rings. The van der Waals surface area contributed by atoms with Crippen LogP contribution in [0.3, 0.4) is 0 Å².